The first kappa shape index (κ1) is 21.3. The molecule has 29 heavy (non-hydrogen) atoms. The van der Waals surface area contributed by atoms with E-state index in [0.29, 0.717) is 11.4 Å². The lowest BCUT2D eigenvalue weighted by molar-refractivity contribution is -0.166. The van der Waals surface area contributed by atoms with Gasteiger partial charge in [0.15, 0.2) is 12.7 Å². The van der Waals surface area contributed by atoms with Gasteiger partial charge in [-0.25, -0.2) is 4.79 Å². The maximum atomic E-state index is 12.8. The number of fused-ring (bicyclic) bond motifs is 1. The molecule has 6 nitrogen and oxygen atoms in total. The Morgan fingerprint density at radius 2 is 2.00 bits per heavy atom. The summed E-state index contributed by atoms with van der Waals surface area (Å²) in [5, 5.41) is 2.84. The first-order valence-corrected chi connectivity index (χ1v) is 10.4. The highest BCUT2D eigenvalue weighted by atomic mass is 32.1. The summed E-state index contributed by atoms with van der Waals surface area (Å²) in [5.74, 6) is 0.0418. The van der Waals surface area contributed by atoms with Gasteiger partial charge in [0.1, 0.15) is 5.75 Å². The third kappa shape index (κ3) is 4.62. The van der Waals surface area contributed by atoms with Gasteiger partial charge in [-0.3, -0.25) is 4.79 Å². The van der Waals surface area contributed by atoms with Gasteiger partial charge in [0.2, 0.25) is 0 Å². The van der Waals surface area contributed by atoms with Crippen molar-refractivity contribution in [2.45, 2.75) is 53.2 Å². The lowest BCUT2D eigenvalue weighted by atomic mass is 9.95. The largest absolute Gasteiger partial charge is 0.482 e. The molecule has 0 spiro atoms. The SMILES string of the molecule is CCOC(=O)C(OC(C)(C)C)c1c(C)sc(C)c1-c1ccc2c(c1)NC(=O)CO2. The molecule has 1 N–H and O–H groups in total. The molecule has 3 rings (SSSR count). The lowest BCUT2D eigenvalue weighted by Crippen LogP contribution is -2.29. The molecule has 1 aliphatic heterocycles. The maximum Gasteiger partial charge on any atom is 0.340 e. The van der Waals surface area contributed by atoms with Crippen LogP contribution in [0.25, 0.3) is 11.1 Å². The minimum atomic E-state index is -0.836. The number of esters is 1. The van der Waals surface area contributed by atoms with Crippen molar-refractivity contribution in [2.24, 2.45) is 0 Å². The molecule has 2 aromatic rings. The molecule has 2 heterocycles. The van der Waals surface area contributed by atoms with Gasteiger partial charge < -0.3 is 19.5 Å². The zero-order valence-electron chi connectivity index (χ0n) is 17.7. The standard InChI is InChI=1S/C22H27NO5S/c1-7-26-21(25)20(28-22(4,5)6)19-13(3)29-12(2)18(19)14-8-9-16-15(10-14)23-17(24)11-27-16/h8-10,20H,7,11H2,1-6H3,(H,23,24). The molecule has 7 heteroatoms. The van der Waals surface area contributed by atoms with Crippen LogP contribution < -0.4 is 10.1 Å². The first-order chi connectivity index (χ1) is 13.6. The number of hydrogen-bond donors (Lipinski definition) is 1. The lowest BCUT2D eigenvalue weighted by Gasteiger charge is -2.27. The molecule has 0 aliphatic carbocycles. The molecule has 1 unspecified atom stereocenters. The van der Waals surface area contributed by atoms with E-state index in [1.165, 1.54) is 0 Å². The summed E-state index contributed by atoms with van der Waals surface area (Å²) in [6, 6.07) is 5.65. The quantitative estimate of drug-likeness (QED) is 0.709. The van der Waals surface area contributed by atoms with Crippen LogP contribution in [0.3, 0.4) is 0 Å². The highest BCUT2D eigenvalue weighted by Crippen LogP contribution is 2.44. The molecule has 0 fully saturated rings. The Bertz CT molecular complexity index is 941. The molecule has 1 aromatic heterocycles. The number of nitrogens with one attached hydrogen (secondary N) is 1. The summed E-state index contributed by atoms with van der Waals surface area (Å²) in [4.78, 5) is 26.6. The fourth-order valence-corrected chi connectivity index (χ4v) is 4.52. The summed E-state index contributed by atoms with van der Waals surface area (Å²) in [6.07, 6.45) is -0.836. The summed E-state index contributed by atoms with van der Waals surface area (Å²) in [6.45, 7) is 11.8. The second kappa shape index (κ2) is 8.16. The molecule has 0 radical (unpaired) electrons. The van der Waals surface area contributed by atoms with Crippen molar-refractivity contribution in [3.63, 3.8) is 0 Å². The second-order valence-corrected chi connectivity index (χ2v) is 9.34. The number of aryl methyl sites for hydroxylation is 2. The Morgan fingerprint density at radius 3 is 2.66 bits per heavy atom. The van der Waals surface area contributed by atoms with Crippen LogP contribution in [0.15, 0.2) is 18.2 Å². The monoisotopic (exact) mass is 417 g/mol. The molecule has 0 bridgehead atoms. The normalized spacial score (nSPS) is 14.6. The smallest absolute Gasteiger partial charge is 0.340 e. The third-order valence-corrected chi connectivity index (χ3v) is 5.48. The van der Waals surface area contributed by atoms with E-state index in [0.717, 1.165) is 26.4 Å². The predicted octanol–water partition coefficient (Wildman–Crippen LogP) is 4.78. The Morgan fingerprint density at radius 1 is 1.28 bits per heavy atom. The average Bonchev–Trinajstić information content (AvgIpc) is 2.92. The van der Waals surface area contributed by atoms with Crippen LogP contribution in [0.4, 0.5) is 5.69 Å². The molecule has 0 saturated heterocycles. The van der Waals surface area contributed by atoms with Crippen LogP contribution in [-0.4, -0.2) is 30.7 Å². The summed E-state index contributed by atoms with van der Waals surface area (Å²) < 4.78 is 17.0. The maximum absolute atomic E-state index is 12.8. The van der Waals surface area contributed by atoms with Crippen LogP contribution in [0, 0.1) is 13.8 Å². The van der Waals surface area contributed by atoms with Gasteiger partial charge in [-0.2, -0.15) is 0 Å². The van der Waals surface area contributed by atoms with Gasteiger partial charge in [0, 0.05) is 20.9 Å². The van der Waals surface area contributed by atoms with Crippen molar-refractivity contribution in [1.82, 2.24) is 0 Å². The van der Waals surface area contributed by atoms with Gasteiger partial charge in [-0.1, -0.05) is 6.07 Å². The fraction of sp³-hybridized carbons (Fsp3) is 0.455. The van der Waals surface area contributed by atoms with Crippen LogP contribution in [-0.2, 0) is 19.1 Å². The summed E-state index contributed by atoms with van der Waals surface area (Å²) >= 11 is 1.61. The average molecular weight is 418 g/mol. The Labute approximate surface area is 175 Å². The highest BCUT2D eigenvalue weighted by molar-refractivity contribution is 7.12. The molecule has 1 aliphatic rings. The number of carbonyl (C=O) groups is 2. The van der Waals surface area contributed by atoms with E-state index >= 15 is 0 Å². The number of ether oxygens (including phenoxy) is 3. The van der Waals surface area contributed by atoms with Crippen LogP contribution in [0.1, 0.15) is 49.1 Å². The number of rotatable bonds is 5. The topological polar surface area (TPSA) is 73.9 Å². The molecule has 1 amide bonds. The number of thiophene rings is 1. The van der Waals surface area contributed by atoms with Crippen LogP contribution >= 0.6 is 11.3 Å². The van der Waals surface area contributed by atoms with Crippen LogP contribution in [0.2, 0.25) is 0 Å². The Balaban J connectivity index is 2.13. The molecular weight excluding hydrogens is 390 g/mol. The molecule has 0 saturated carbocycles. The third-order valence-electron chi connectivity index (χ3n) is 4.44. The number of hydrogen-bond acceptors (Lipinski definition) is 6. The number of carbonyl (C=O) groups excluding carboxylic acids is 2. The number of anilines is 1. The highest BCUT2D eigenvalue weighted by Gasteiger charge is 2.34. The molecular formula is C22H27NO5S. The number of amides is 1. The van der Waals surface area contributed by atoms with Crippen molar-refractivity contribution in [1.29, 1.82) is 0 Å². The van der Waals surface area contributed by atoms with Gasteiger partial charge in [0.25, 0.3) is 5.91 Å². The van der Waals surface area contributed by atoms with E-state index in [2.05, 4.69) is 5.32 Å². The Hall–Kier alpha value is -2.38. The zero-order valence-corrected chi connectivity index (χ0v) is 18.5. The van der Waals surface area contributed by atoms with E-state index in [9.17, 15) is 9.59 Å². The van der Waals surface area contributed by atoms with Crippen LogP contribution in [0.5, 0.6) is 5.75 Å². The van der Waals surface area contributed by atoms with E-state index in [4.69, 9.17) is 14.2 Å². The fourth-order valence-electron chi connectivity index (χ4n) is 3.41. The van der Waals surface area contributed by atoms with Crippen molar-refractivity contribution in [2.75, 3.05) is 18.5 Å². The van der Waals surface area contributed by atoms with E-state index in [1.54, 1.807) is 18.3 Å². The minimum Gasteiger partial charge on any atom is -0.482 e. The van der Waals surface area contributed by atoms with Gasteiger partial charge in [-0.15, -0.1) is 11.3 Å². The zero-order chi connectivity index (χ0) is 21.3. The van der Waals surface area contributed by atoms with Crippen molar-refractivity contribution >= 4 is 28.9 Å². The molecule has 156 valence electrons. The van der Waals surface area contributed by atoms with E-state index in [-0.39, 0.29) is 19.1 Å². The first-order valence-electron chi connectivity index (χ1n) is 9.62. The molecule has 1 atom stereocenters. The van der Waals surface area contributed by atoms with E-state index in [1.807, 2.05) is 52.8 Å². The summed E-state index contributed by atoms with van der Waals surface area (Å²) in [7, 11) is 0. The van der Waals surface area contributed by atoms with Gasteiger partial charge in [-0.05, 0) is 59.2 Å². The van der Waals surface area contributed by atoms with Crippen molar-refractivity contribution in [3.8, 4) is 16.9 Å². The number of benzene rings is 1. The minimum absolute atomic E-state index is 0.0124. The Kier molecular flexibility index (Phi) is 6.00. The van der Waals surface area contributed by atoms with Crippen molar-refractivity contribution in [3.05, 3.63) is 33.5 Å². The van der Waals surface area contributed by atoms with Gasteiger partial charge in [0.05, 0.1) is 17.9 Å². The van der Waals surface area contributed by atoms with Gasteiger partial charge >= 0.3 is 5.97 Å². The summed E-state index contributed by atoms with van der Waals surface area (Å²) in [5.41, 5.74) is 2.71. The molecule has 1 aromatic carbocycles. The second-order valence-electron chi connectivity index (χ2n) is 7.91. The van der Waals surface area contributed by atoms with Crippen molar-refractivity contribution < 1.29 is 23.8 Å². The predicted molar refractivity (Wildman–Crippen MR) is 114 cm³/mol. The van der Waals surface area contributed by atoms with E-state index < -0.39 is 17.7 Å².